The standard InChI is InChI=1S/C61H47N3O/c1-37-43-31-38-32-44(37)36-60(34-38,35-43)45-29-27-40(28-30-45)57-62-58(64-59(63-57)48-20-11-14-39-13-2-3-17-46(39)48)42-16-10-15-41(33-42)47-19-12-24-53-56(47)49-18-4-5-21-50(49)61(53)51-22-6-8-25-54(51)65-55-26-9-7-23-52(55)61/h2-30,33,37-38,43-44H,31-32,34-36H2,1H3/t37-,38-,43?,44?,60?. The van der Waals surface area contributed by atoms with Crippen molar-refractivity contribution in [1.82, 2.24) is 15.0 Å². The summed E-state index contributed by atoms with van der Waals surface area (Å²) in [5, 5.41) is 2.29. The number of para-hydroxylation sites is 2. The molecule has 4 heteroatoms. The van der Waals surface area contributed by atoms with Gasteiger partial charge in [0.25, 0.3) is 0 Å². The predicted molar refractivity (Wildman–Crippen MR) is 261 cm³/mol. The third-order valence-corrected chi connectivity index (χ3v) is 16.5. The van der Waals surface area contributed by atoms with Crippen LogP contribution in [0.2, 0.25) is 0 Å². The Morgan fingerprint density at radius 1 is 0.462 bits per heavy atom. The van der Waals surface area contributed by atoms with Crippen LogP contribution in [0.3, 0.4) is 0 Å². The Hall–Kier alpha value is -7.17. The fourth-order valence-electron chi connectivity index (χ4n) is 13.7. The molecule has 1 aromatic heterocycles. The summed E-state index contributed by atoms with van der Waals surface area (Å²) in [6.07, 6.45) is 6.88. The van der Waals surface area contributed by atoms with E-state index in [0.717, 1.165) is 79.3 Å². The molecule has 65 heavy (non-hydrogen) atoms. The van der Waals surface area contributed by atoms with E-state index in [1.807, 2.05) is 0 Å². The summed E-state index contributed by atoms with van der Waals surface area (Å²) >= 11 is 0. The minimum atomic E-state index is -0.537. The van der Waals surface area contributed by atoms with Crippen molar-refractivity contribution in [3.63, 3.8) is 0 Å². The molecule has 0 radical (unpaired) electrons. The van der Waals surface area contributed by atoms with Gasteiger partial charge in [-0.2, -0.15) is 0 Å². The Labute approximate surface area is 380 Å². The van der Waals surface area contributed by atoms with Gasteiger partial charge in [0.2, 0.25) is 0 Å². The quantitative estimate of drug-likeness (QED) is 0.173. The maximum Gasteiger partial charge on any atom is 0.164 e. The lowest BCUT2D eigenvalue weighted by molar-refractivity contribution is -0.0489. The number of hydrogen-bond donors (Lipinski definition) is 0. The number of rotatable bonds is 5. The highest BCUT2D eigenvalue weighted by Gasteiger charge is 2.55. The molecule has 2 heterocycles. The smallest absolute Gasteiger partial charge is 0.164 e. The second kappa shape index (κ2) is 13.9. The largest absolute Gasteiger partial charge is 0.457 e. The molecule has 312 valence electrons. The van der Waals surface area contributed by atoms with Gasteiger partial charge in [-0.15, -0.1) is 0 Å². The average molecular weight is 838 g/mol. The van der Waals surface area contributed by atoms with Gasteiger partial charge in [-0.25, -0.2) is 15.0 Å². The first-order valence-electron chi connectivity index (χ1n) is 23.6. The number of hydrogen-bond acceptors (Lipinski definition) is 4. The zero-order valence-electron chi connectivity index (χ0n) is 36.4. The first kappa shape index (κ1) is 37.2. The van der Waals surface area contributed by atoms with Crippen molar-refractivity contribution in [2.24, 2.45) is 23.7 Å². The van der Waals surface area contributed by atoms with Crippen LogP contribution in [0.5, 0.6) is 11.5 Å². The Morgan fingerprint density at radius 3 is 1.82 bits per heavy atom. The van der Waals surface area contributed by atoms with E-state index >= 15 is 0 Å². The van der Waals surface area contributed by atoms with E-state index in [2.05, 4.69) is 189 Å². The van der Waals surface area contributed by atoms with Gasteiger partial charge in [0.15, 0.2) is 17.5 Å². The maximum absolute atomic E-state index is 6.62. The molecule has 8 aromatic carbocycles. The zero-order valence-corrected chi connectivity index (χ0v) is 36.4. The van der Waals surface area contributed by atoms with Gasteiger partial charge < -0.3 is 4.74 Å². The summed E-state index contributed by atoms with van der Waals surface area (Å²) in [5.41, 5.74) is 13.9. The first-order chi connectivity index (χ1) is 32.0. The SMILES string of the molecule is C[C@H]1C2CC3(c4ccc(-c5nc(-c6cccc(-c7cccc8c7-c7ccccc7C87c8ccccc8Oc8ccccc87)c6)nc(-c6cccc7ccccc67)n5)cc4)CC1C[C@H](C2)C3. The van der Waals surface area contributed by atoms with Crippen LogP contribution in [-0.2, 0) is 10.8 Å². The molecule has 1 spiro atoms. The molecule has 4 bridgehead atoms. The molecule has 0 amide bonds. The second-order valence-corrected chi connectivity index (χ2v) is 19.7. The molecular formula is C61H47N3O. The van der Waals surface area contributed by atoms with Gasteiger partial charge in [0.05, 0.1) is 5.41 Å². The molecule has 1 aliphatic heterocycles. The van der Waals surface area contributed by atoms with Crippen LogP contribution >= 0.6 is 0 Å². The lowest BCUT2D eigenvalue weighted by Gasteiger charge is -2.60. The van der Waals surface area contributed by atoms with Gasteiger partial charge in [-0.3, -0.25) is 0 Å². The van der Waals surface area contributed by atoms with Crippen LogP contribution < -0.4 is 4.74 Å². The van der Waals surface area contributed by atoms with Crippen molar-refractivity contribution in [2.45, 2.75) is 49.9 Å². The highest BCUT2D eigenvalue weighted by atomic mass is 16.5. The average Bonchev–Trinajstić information content (AvgIpc) is 3.66. The monoisotopic (exact) mass is 837 g/mol. The molecule has 5 aliphatic carbocycles. The van der Waals surface area contributed by atoms with Crippen molar-refractivity contribution >= 4 is 10.8 Å². The Morgan fingerprint density at radius 2 is 1.03 bits per heavy atom. The van der Waals surface area contributed by atoms with Crippen LogP contribution in [0.1, 0.15) is 66.8 Å². The van der Waals surface area contributed by atoms with E-state index in [1.165, 1.54) is 65.5 Å². The molecule has 15 rings (SSSR count). The predicted octanol–water partition coefficient (Wildman–Crippen LogP) is 14.9. The zero-order chi connectivity index (χ0) is 42.9. The van der Waals surface area contributed by atoms with Crippen LogP contribution in [-0.4, -0.2) is 15.0 Å². The fraction of sp³-hybridized carbons (Fsp3) is 0.197. The third kappa shape index (κ3) is 5.40. The number of benzene rings is 8. The van der Waals surface area contributed by atoms with Crippen molar-refractivity contribution in [3.8, 4) is 67.9 Å². The highest BCUT2D eigenvalue weighted by Crippen LogP contribution is 2.64. The Kier molecular flexibility index (Phi) is 7.97. The van der Waals surface area contributed by atoms with E-state index in [9.17, 15) is 0 Å². The molecule has 0 N–H and O–H groups in total. The van der Waals surface area contributed by atoms with Gasteiger partial charge in [0, 0.05) is 27.8 Å². The van der Waals surface area contributed by atoms with E-state index in [4.69, 9.17) is 19.7 Å². The molecule has 9 aromatic rings. The minimum absolute atomic E-state index is 0.315. The lowest BCUT2D eigenvalue weighted by Crippen LogP contribution is -2.52. The Bertz CT molecular complexity index is 3340. The van der Waals surface area contributed by atoms with Crippen LogP contribution in [0.25, 0.3) is 67.2 Å². The van der Waals surface area contributed by atoms with Gasteiger partial charge in [-0.1, -0.05) is 171 Å². The van der Waals surface area contributed by atoms with Crippen LogP contribution in [0.15, 0.2) is 182 Å². The molecule has 6 aliphatic rings. The minimum Gasteiger partial charge on any atom is -0.457 e. The van der Waals surface area contributed by atoms with Gasteiger partial charge >= 0.3 is 0 Å². The van der Waals surface area contributed by atoms with Crippen molar-refractivity contribution in [3.05, 3.63) is 210 Å². The fourth-order valence-corrected chi connectivity index (χ4v) is 13.7. The third-order valence-electron chi connectivity index (χ3n) is 16.5. The summed E-state index contributed by atoms with van der Waals surface area (Å²) < 4.78 is 6.62. The number of fused-ring (bicyclic) bond motifs is 10. The summed E-state index contributed by atoms with van der Waals surface area (Å²) in [7, 11) is 0. The van der Waals surface area contributed by atoms with E-state index in [0.29, 0.717) is 22.9 Å². The topological polar surface area (TPSA) is 47.9 Å². The number of nitrogens with zero attached hydrogens (tertiary/aromatic N) is 3. The van der Waals surface area contributed by atoms with E-state index in [-0.39, 0.29) is 0 Å². The van der Waals surface area contributed by atoms with Crippen LogP contribution in [0, 0.1) is 23.7 Å². The first-order valence-corrected chi connectivity index (χ1v) is 23.6. The van der Waals surface area contributed by atoms with E-state index in [1.54, 1.807) is 0 Å². The van der Waals surface area contributed by atoms with Crippen LogP contribution in [0.4, 0.5) is 0 Å². The summed E-state index contributed by atoms with van der Waals surface area (Å²) in [4.78, 5) is 16.0. The normalized spacial score (nSPS) is 22.5. The molecule has 0 saturated heterocycles. The molecule has 2 unspecified atom stereocenters. The van der Waals surface area contributed by atoms with Crippen molar-refractivity contribution in [2.75, 3.05) is 0 Å². The summed E-state index contributed by atoms with van der Waals surface area (Å²) in [6.45, 7) is 2.53. The molecular weight excluding hydrogens is 791 g/mol. The molecule has 4 nitrogen and oxygen atoms in total. The number of ether oxygens (including phenoxy) is 1. The van der Waals surface area contributed by atoms with E-state index < -0.39 is 5.41 Å². The lowest BCUT2D eigenvalue weighted by atomic mass is 9.45. The number of aromatic nitrogens is 3. The van der Waals surface area contributed by atoms with Gasteiger partial charge in [-0.05, 0) is 129 Å². The molecule has 4 fully saturated rings. The second-order valence-electron chi connectivity index (χ2n) is 19.7. The Balaban J connectivity index is 0.920. The maximum atomic E-state index is 6.62. The molecule has 2 atom stereocenters. The molecule has 4 saturated carbocycles. The highest BCUT2D eigenvalue weighted by molar-refractivity contribution is 5.98. The summed E-state index contributed by atoms with van der Waals surface area (Å²) in [5.74, 6) is 7.32. The van der Waals surface area contributed by atoms with Gasteiger partial charge in [0.1, 0.15) is 11.5 Å². The van der Waals surface area contributed by atoms with Crippen molar-refractivity contribution < 1.29 is 4.74 Å². The summed E-state index contributed by atoms with van der Waals surface area (Å²) in [6, 6.07) is 66.0. The van der Waals surface area contributed by atoms with Crippen molar-refractivity contribution in [1.29, 1.82) is 0 Å².